The van der Waals surface area contributed by atoms with Crippen molar-refractivity contribution in [2.75, 3.05) is 20.6 Å². The van der Waals surface area contributed by atoms with E-state index in [9.17, 15) is 14.4 Å². The summed E-state index contributed by atoms with van der Waals surface area (Å²) >= 11 is 0. The summed E-state index contributed by atoms with van der Waals surface area (Å²) in [6.45, 7) is 1.54. The van der Waals surface area contributed by atoms with Gasteiger partial charge in [0.2, 0.25) is 5.91 Å². The van der Waals surface area contributed by atoms with Crippen LogP contribution in [0.3, 0.4) is 0 Å². The minimum absolute atomic E-state index is 0.0592. The van der Waals surface area contributed by atoms with Crippen LogP contribution in [0.4, 0.5) is 0 Å². The van der Waals surface area contributed by atoms with Crippen LogP contribution in [0.25, 0.3) is 0 Å². The van der Waals surface area contributed by atoms with Crippen molar-refractivity contribution in [2.45, 2.75) is 25.8 Å². The van der Waals surface area contributed by atoms with E-state index in [2.05, 4.69) is 5.32 Å². The summed E-state index contributed by atoms with van der Waals surface area (Å²) in [5, 5.41) is 2.83. The number of ketones is 1. The average molecular weight is 214 g/mol. The van der Waals surface area contributed by atoms with Crippen LogP contribution in [-0.2, 0) is 14.4 Å². The van der Waals surface area contributed by atoms with E-state index >= 15 is 0 Å². The van der Waals surface area contributed by atoms with Gasteiger partial charge >= 0.3 is 0 Å². The first-order chi connectivity index (χ1) is 7.02. The molecule has 0 radical (unpaired) electrons. The summed E-state index contributed by atoms with van der Waals surface area (Å²) in [4.78, 5) is 34.1. The van der Waals surface area contributed by atoms with Crippen LogP contribution in [0.2, 0.25) is 0 Å². The highest BCUT2D eigenvalue weighted by Crippen LogP contribution is 1.99. The van der Waals surface area contributed by atoms with Gasteiger partial charge in [-0.1, -0.05) is 0 Å². The average Bonchev–Trinajstić information content (AvgIpc) is 2.17. The SMILES string of the molecule is CN[C@@H](CCC=O)C(=O)N(C)CC(C)=O. The summed E-state index contributed by atoms with van der Waals surface area (Å²) in [6, 6.07) is -0.389. The van der Waals surface area contributed by atoms with Crippen LogP contribution in [0.15, 0.2) is 0 Å². The number of carbonyl (C=O) groups is 3. The molecule has 0 saturated carbocycles. The summed E-state index contributed by atoms with van der Waals surface area (Å²) in [7, 11) is 3.24. The van der Waals surface area contributed by atoms with Crippen LogP contribution < -0.4 is 5.32 Å². The topological polar surface area (TPSA) is 66.5 Å². The van der Waals surface area contributed by atoms with Crippen LogP contribution >= 0.6 is 0 Å². The molecule has 0 rings (SSSR count). The van der Waals surface area contributed by atoms with Crippen molar-refractivity contribution in [1.29, 1.82) is 0 Å². The van der Waals surface area contributed by atoms with Gasteiger partial charge < -0.3 is 15.0 Å². The molecule has 0 aromatic heterocycles. The van der Waals surface area contributed by atoms with Crippen LogP contribution in [0, 0.1) is 0 Å². The monoisotopic (exact) mass is 214 g/mol. The summed E-state index contributed by atoms with van der Waals surface area (Å²) in [5.74, 6) is -0.217. The molecule has 0 aliphatic carbocycles. The second kappa shape index (κ2) is 7.11. The zero-order chi connectivity index (χ0) is 11.8. The Labute approximate surface area is 89.8 Å². The molecular formula is C10H18N2O3. The molecule has 0 heterocycles. The number of hydrogen-bond acceptors (Lipinski definition) is 4. The molecule has 0 spiro atoms. The molecule has 0 unspecified atom stereocenters. The number of aldehydes is 1. The lowest BCUT2D eigenvalue weighted by atomic mass is 10.1. The molecule has 0 bridgehead atoms. The first-order valence-electron chi connectivity index (χ1n) is 4.88. The lowest BCUT2D eigenvalue weighted by Crippen LogP contribution is -2.45. The fourth-order valence-corrected chi connectivity index (χ4v) is 1.30. The fraction of sp³-hybridized carbons (Fsp3) is 0.700. The van der Waals surface area contributed by atoms with Crippen molar-refractivity contribution >= 4 is 18.0 Å². The second-order valence-electron chi connectivity index (χ2n) is 3.48. The zero-order valence-electron chi connectivity index (χ0n) is 9.45. The Bertz CT molecular complexity index is 241. The molecule has 0 aliphatic rings. The Kier molecular flexibility index (Phi) is 6.53. The van der Waals surface area contributed by atoms with Crippen molar-refractivity contribution < 1.29 is 14.4 Å². The van der Waals surface area contributed by atoms with Gasteiger partial charge in [0.25, 0.3) is 0 Å². The maximum Gasteiger partial charge on any atom is 0.239 e. The minimum atomic E-state index is -0.389. The van der Waals surface area contributed by atoms with Crippen molar-refractivity contribution in [2.24, 2.45) is 0 Å². The number of likely N-dealkylation sites (N-methyl/N-ethyl adjacent to an activating group) is 2. The van der Waals surface area contributed by atoms with Crippen LogP contribution in [-0.4, -0.2) is 49.6 Å². The minimum Gasteiger partial charge on any atom is -0.337 e. The van der Waals surface area contributed by atoms with E-state index < -0.39 is 0 Å². The van der Waals surface area contributed by atoms with E-state index in [0.717, 1.165) is 6.29 Å². The lowest BCUT2D eigenvalue weighted by molar-refractivity contribution is -0.135. The summed E-state index contributed by atoms with van der Waals surface area (Å²) < 4.78 is 0. The third-order valence-electron chi connectivity index (χ3n) is 2.06. The molecule has 0 aromatic rings. The highest BCUT2D eigenvalue weighted by molar-refractivity contribution is 5.87. The molecule has 15 heavy (non-hydrogen) atoms. The molecule has 0 fully saturated rings. The Balaban J connectivity index is 4.23. The van der Waals surface area contributed by atoms with Gasteiger partial charge in [0.05, 0.1) is 12.6 Å². The number of nitrogens with one attached hydrogen (secondary N) is 1. The fourth-order valence-electron chi connectivity index (χ4n) is 1.30. The highest BCUT2D eigenvalue weighted by atomic mass is 16.2. The highest BCUT2D eigenvalue weighted by Gasteiger charge is 2.20. The van der Waals surface area contributed by atoms with E-state index in [-0.39, 0.29) is 24.3 Å². The van der Waals surface area contributed by atoms with E-state index in [4.69, 9.17) is 0 Å². The molecular weight excluding hydrogens is 196 g/mol. The first kappa shape index (κ1) is 13.8. The molecule has 1 N–H and O–H groups in total. The third-order valence-corrected chi connectivity index (χ3v) is 2.06. The summed E-state index contributed by atoms with van der Waals surface area (Å²) in [5.41, 5.74) is 0. The van der Waals surface area contributed by atoms with Gasteiger partial charge in [0.15, 0.2) is 0 Å². The van der Waals surface area contributed by atoms with Crippen molar-refractivity contribution in [3.8, 4) is 0 Å². The third kappa shape index (κ3) is 5.27. The Morgan fingerprint density at radius 3 is 2.47 bits per heavy atom. The first-order valence-corrected chi connectivity index (χ1v) is 4.88. The van der Waals surface area contributed by atoms with Gasteiger partial charge in [-0.2, -0.15) is 0 Å². The van der Waals surface area contributed by atoms with Gasteiger partial charge in [-0.25, -0.2) is 0 Å². The Morgan fingerprint density at radius 1 is 1.47 bits per heavy atom. The quantitative estimate of drug-likeness (QED) is 0.586. The molecule has 0 aliphatic heterocycles. The maximum absolute atomic E-state index is 11.7. The Morgan fingerprint density at radius 2 is 2.07 bits per heavy atom. The number of hydrogen-bond donors (Lipinski definition) is 1. The van der Waals surface area contributed by atoms with Crippen molar-refractivity contribution in [3.05, 3.63) is 0 Å². The number of amides is 1. The van der Waals surface area contributed by atoms with Crippen molar-refractivity contribution in [3.63, 3.8) is 0 Å². The predicted molar refractivity (Wildman–Crippen MR) is 56.5 cm³/mol. The van der Waals surface area contributed by atoms with E-state index in [1.54, 1.807) is 14.1 Å². The van der Waals surface area contributed by atoms with Crippen molar-refractivity contribution in [1.82, 2.24) is 10.2 Å². The van der Waals surface area contributed by atoms with Crippen LogP contribution in [0.5, 0.6) is 0 Å². The van der Waals surface area contributed by atoms with E-state index in [1.807, 2.05) is 0 Å². The number of Topliss-reactive ketones (excluding diaryl/α,β-unsaturated/α-hetero) is 1. The Hall–Kier alpha value is -1.23. The normalized spacial score (nSPS) is 11.9. The smallest absolute Gasteiger partial charge is 0.239 e. The van der Waals surface area contributed by atoms with Gasteiger partial charge in [-0.05, 0) is 20.4 Å². The lowest BCUT2D eigenvalue weighted by Gasteiger charge is -2.21. The number of carbonyl (C=O) groups excluding carboxylic acids is 3. The predicted octanol–water partition coefficient (Wildman–Crippen LogP) is -0.399. The molecule has 0 aromatic carbocycles. The van der Waals surface area contributed by atoms with Gasteiger partial charge in [-0.15, -0.1) is 0 Å². The molecule has 86 valence electrons. The molecule has 5 heteroatoms. The number of nitrogens with zero attached hydrogens (tertiary/aromatic N) is 1. The zero-order valence-corrected chi connectivity index (χ0v) is 9.45. The van der Waals surface area contributed by atoms with Gasteiger partial charge in [0, 0.05) is 13.5 Å². The molecule has 0 saturated heterocycles. The molecule has 1 atom stereocenters. The van der Waals surface area contributed by atoms with Gasteiger partial charge in [0.1, 0.15) is 12.1 Å². The molecule has 5 nitrogen and oxygen atoms in total. The summed E-state index contributed by atoms with van der Waals surface area (Å²) in [6.07, 6.45) is 1.58. The number of rotatable bonds is 7. The van der Waals surface area contributed by atoms with Gasteiger partial charge in [-0.3, -0.25) is 9.59 Å². The standard InChI is InChI=1S/C10H18N2O3/c1-8(14)7-12(3)10(15)9(11-2)5-4-6-13/h6,9,11H,4-5,7H2,1-3H3/t9-/m0/s1. The van der Waals surface area contributed by atoms with Crippen LogP contribution in [0.1, 0.15) is 19.8 Å². The maximum atomic E-state index is 11.7. The van der Waals surface area contributed by atoms with E-state index in [0.29, 0.717) is 12.8 Å². The second-order valence-corrected chi connectivity index (χ2v) is 3.48. The largest absolute Gasteiger partial charge is 0.337 e. The molecule has 1 amide bonds. The van der Waals surface area contributed by atoms with E-state index in [1.165, 1.54) is 11.8 Å².